The first-order chi connectivity index (χ1) is 13.7. The minimum Gasteiger partial charge on any atom is -0.377 e. The third-order valence-corrected chi connectivity index (χ3v) is 5.27. The van der Waals surface area contributed by atoms with Crippen molar-refractivity contribution in [3.63, 3.8) is 0 Å². The van der Waals surface area contributed by atoms with Gasteiger partial charge in [0.1, 0.15) is 11.5 Å². The summed E-state index contributed by atoms with van der Waals surface area (Å²) in [5.41, 5.74) is 2.84. The van der Waals surface area contributed by atoms with E-state index in [1.165, 1.54) is 0 Å². The summed E-state index contributed by atoms with van der Waals surface area (Å²) in [6.45, 7) is 5.16. The second-order valence-corrected chi connectivity index (χ2v) is 7.23. The van der Waals surface area contributed by atoms with Crippen molar-refractivity contribution in [2.24, 2.45) is 12.0 Å². The van der Waals surface area contributed by atoms with Crippen molar-refractivity contribution in [3.05, 3.63) is 48.6 Å². The van der Waals surface area contributed by atoms with Crippen LogP contribution < -0.4 is 4.90 Å². The number of anilines is 1. The van der Waals surface area contributed by atoms with Gasteiger partial charge in [0.25, 0.3) is 0 Å². The van der Waals surface area contributed by atoms with E-state index in [1.807, 2.05) is 48.5 Å². The molecule has 0 aromatic carbocycles. The van der Waals surface area contributed by atoms with Crippen LogP contribution in [0.2, 0.25) is 0 Å². The third-order valence-electron chi connectivity index (χ3n) is 5.27. The van der Waals surface area contributed by atoms with Crippen molar-refractivity contribution >= 4 is 28.4 Å². The Morgan fingerprint density at radius 1 is 1.25 bits per heavy atom. The van der Waals surface area contributed by atoms with Crippen molar-refractivity contribution < 1.29 is 4.74 Å². The zero-order valence-electron chi connectivity index (χ0n) is 16.0. The third kappa shape index (κ3) is 2.95. The number of aliphatic imine (C=N–C) groups is 1. The van der Waals surface area contributed by atoms with Crippen LogP contribution in [0.15, 0.2) is 48.0 Å². The lowest BCUT2D eigenvalue weighted by atomic mass is 10.1. The fourth-order valence-corrected chi connectivity index (χ4v) is 3.83. The molecule has 0 unspecified atom stereocenters. The Kier molecular flexibility index (Phi) is 4.12. The number of pyridine rings is 1. The molecule has 1 atom stereocenters. The molecule has 0 bridgehead atoms. The minimum absolute atomic E-state index is 0.294. The van der Waals surface area contributed by atoms with Crippen LogP contribution in [0.3, 0.4) is 0 Å². The number of aromatic nitrogens is 4. The van der Waals surface area contributed by atoms with Gasteiger partial charge in [0.2, 0.25) is 0 Å². The predicted molar refractivity (Wildman–Crippen MR) is 109 cm³/mol. The van der Waals surface area contributed by atoms with Gasteiger partial charge in [0.15, 0.2) is 5.82 Å². The van der Waals surface area contributed by atoms with Crippen LogP contribution in [0.5, 0.6) is 0 Å². The molecule has 0 amide bonds. The maximum absolute atomic E-state index is 5.62. The Balaban J connectivity index is 1.60. The molecule has 28 heavy (non-hydrogen) atoms. The lowest BCUT2D eigenvalue weighted by molar-refractivity contribution is 0.0327. The molecule has 8 nitrogen and oxygen atoms in total. The highest BCUT2D eigenvalue weighted by Crippen LogP contribution is 2.29. The normalized spacial score (nSPS) is 20.4. The van der Waals surface area contributed by atoms with Gasteiger partial charge >= 0.3 is 0 Å². The zero-order chi connectivity index (χ0) is 19.1. The van der Waals surface area contributed by atoms with Crippen molar-refractivity contribution in [2.75, 3.05) is 31.2 Å². The van der Waals surface area contributed by atoms with Crippen LogP contribution >= 0.6 is 0 Å². The van der Waals surface area contributed by atoms with E-state index in [0.717, 1.165) is 53.7 Å². The van der Waals surface area contributed by atoms with E-state index in [-0.39, 0.29) is 0 Å². The number of hydrogen-bond acceptors (Lipinski definition) is 6. The molecule has 0 aliphatic carbocycles. The number of H-pyrrole nitrogens is 1. The van der Waals surface area contributed by atoms with E-state index < -0.39 is 0 Å². The van der Waals surface area contributed by atoms with Gasteiger partial charge in [0, 0.05) is 55.4 Å². The van der Waals surface area contributed by atoms with E-state index in [4.69, 9.17) is 9.73 Å². The maximum atomic E-state index is 5.62. The fourth-order valence-electron chi connectivity index (χ4n) is 3.83. The van der Waals surface area contributed by atoms with E-state index in [2.05, 4.69) is 38.0 Å². The smallest absolute Gasteiger partial charge is 0.155 e. The lowest BCUT2D eigenvalue weighted by Gasteiger charge is -2.38. The number of amidine groups is 1. The number of rotatable bonds is 2. The Morgan fingerprint density at radius 3 is 3.00 bits per heavy atom. The predicted octanol–water partition coefficient (Wildman–Crippen LogP) is 2.23. The molecule has 5 rings (SSSR count). The minimum atomic E-state index is 0.294. The first-order valence-corrected chi connectivity index (χ1v) is 9.51. The molecule has 0 spiro atoms. The largest absolute Gasteiger partial charge is 0.377 e. The fraction of sp³-hybridized carbons (Fsp3) is 0.350. The highest BCUT2D eigenvalue weighted by molar-refractivity contribution is 5.99. The number of hydrogen-bond donors (Lipinski definition) is 1. The summed E-state index contributed by atoms with van der Waals surface area (Å²) in [7, 11) is 1.93. The highest BCUT2D eigenvalue weighted by Gasteiger charge is 2.27. The summed E-state index contributed by atoms with van der Waals surface area (Å²) < 4.78 is 7.45. The van der Waals surface area contributed by atoms with E-state index >= 15 is 0 Å². The summed E-state index contributed by atoms with van der Waals surface area (Å²) in [4.78, 5) is 17.2. The van der Waals surface area contributed by atoms with Crippen molar-refractivity contribution in [2.45, 2.75) is 13.0 Å². The molecule has 5 heterocycles. The van der Waals surface area contributed by atoms with Gasteiger partial charge in [-0.15, -0.1) is 0 Å². The summed E-state index contributed by atoms with van der Waals surface area (Å²) in [5, 5.41) is 5.66. The second-order valence-electron chi connectivity index (χ2n) is 7.23. The molecule has 1 saturated heterocycles. The average Bonchev–Trinajstić information content (AvgIpc) is 3.36. The Bertz CT molecular complexity index is 1060. The van der Waals surface area contributed by atoms with Crippen molar-refractivity contribution in [1.82, 2.24) is 24.6 Å². The van der Waals surface area contributed by atoms with Gasteiger partial charge in [-0.3, -0.25) is 4.68 Å². The number of fused-ring (bicyclic) bond motifs is 1. The zero-order valence-corrected chi connectivity index (χ0v) is 16.0. The Hall–Kier alpha value is -3.13. The molecular weight excluding hydrogens is 354 g/mol. The van der Waals surface area contributed by atoms with Gasteiger partial charge in [-0.05, 0) is 19.1 Å². The van der Waals surface area contributed by atoms with Gasteiger partial charge in [-0.2, -0.15) is 5.10 Å². The second kappa shape index (κ2) is 6.79. The molecule has 3 aromatic heterocycles. The molecule has 144 valence electrons. The average molecular weight is 377 g/mol. The molecule has 8 heteroatoms. The molecule has 1 N–H and O–H groups in total. The number of aromatic amines is 1. The van der Waals surface area contributed by atoms with Gasteiger partial charge < -0.3 is 19.5 Å². The lowest BCUT2D eigenvalue weighted by Crippen LogP contribution is -2.51. The SMILES string of the molecule is C[C@@H]1COCCN1C1=NC(c2ccnc3[nH]ccc23)=CN(c2ccn(C)n2)C1. The van der Waals surface area contributed by atoms with Crippen molar-refractivity contribution in [3.8, 4) is 0 Å². The molecule has 2 aliphatic heterocycles. The first kappa shape index (κ1) is 17.0. The summed E-state index contributed by atoms with van der Waals surface area (Å²) >= 11 is 0. The number of nitrogens with zero attached hydrogens (tertiary/aromatic N) is 6. The van der Waals surface area contributed by atoms with Crippen LogP contribution in [0.4, 0.5) is 5.82 Å². The Labute approximate surface area is 163 Å². The quantitative estimate of drug-likeness (QED) is 0.741. The summed E-state index contributed by atoms with van der Waals surface area (Å²) in [6.07, 6.45) is 7.78. The monoisotopic (exact) mass is 377 g/mol. The molecule has 1 fully saturated rings. The van der Waals surface area contributed by atoms with Gasteiger partial charge in [-0.1, -0.05) is 0 Å². The first-order valence-electron chi connectivity index (χ1n) is 9.51. The van der Waals surface area contributed by atoms with Gasteiger partial charge in [-0.25, -0.2) is 9.98 Å². The number of nitrogens with one attached hydrogen (secondary N) is 1. The van der Waals surface area contributed by atoms with Crippen LogP contribution in [0.1, 0.15) is 12.5 Å². The van der Waals surface area contributed by atoms with Crippen LogP contribution in [-0.2, 0) is 11.8 Å². The number of ether oxygens (including phenoxy) is 1. The van der Waals surface area contributed by atoms with Crippen LogP contribution in [0, 0.1) is 0 Å². The molecule has 0 saturated carbocycles. The molecule has 0 radical (unpaired) electrons. The van der Waals surface area contributed by atoms with E-state index in [9.17, 15) is 0 Å². The molecule has 2 aliphatic rings. The number of morpholine rings is 1. The highest BCUT2D eigenvalue weighted by atomic mass is 16.5. The van der Waals surface area contributed by atoms with E-state index in [1.54, 1.807) is 0 Å². The van der Waals surface area contributed by atoms with E-state index in [0.29, 0.717) is 12.6 Å². The number of aryl methyl sites for hydroxylation is 1. The van der Waals surface area contributed by atoms with Crippen LogP contribution in [-0.4, -0.2) is 62.8 Å². The van der Waals surface area contributed by atoms with Crippen LogP contribution in [0.25, 0.3) is 16.7 Å². The summed E-state index contributed by atoms with van der Waals surface area (Å²) in [6, 6.07) is 6.39. The Morgan fingerprint density at radius 2 is 2.18 bits per heavy atom. The topological polar surface area (TPSA) is 74.6 Å². The summed E-state index contributed by atoms with van der Waals surface area (Å²) in [5.74, 6) is 1.95. The van der Waals surface area contributed by atoms with Gasteiger partial charge in [0.05, 0.1) is 31.5 Å². The maximum Gasteiger partial charge on any atom is 0.155 e. The molecule has 3 aromatic rings. The van der Waals surface area contributed by atoms with Crippen molar-refractivity contribution in [1.29, 1.82) is 0 Å². The standard InChI is InChI=1S/C20H23N7O/c1-14-13-28-10-9-27(14)19-12-26(18-5-8-25(2)24-18)11-17(23-19)15-3-6-21-20-16(15)4-7-22-20/h3-8,11,14H,9-10,12-13H2,1-2H3,(H,21,22)/t14-/m1/s1. The molecular formula is C20H23N7O.